The number of benzene rings is 1. The standard InChI is InChI=1S/C18H25N3/c1-5-19-12-17-14(2)11-15(3)20-18(17)21(4)13-16-9-7-6-8-10-16/h6-11,19H,5,12-13H2,1-4H3. The van der Waals surface area contributed by atoms with E-state index in [0.717, 1.165) is 31.1 Å². The molecule has 0 aliphatic carbocycles. The van der Waals surface area contributed by atoms with Crippen LogP contribution in [0.4, 0.5) is 5.82 Å². The summed E-state index contributed by atoms with van der Waals surface area (Å²) in [6, 6.07) is 12.7. The van der Waals surface area contributed by atoms with Crippen molar-refractivity contribution < 1.29 is 0 Å². The molecule has 3 nitrogen and oxygen atoms in total. The molecule has 1 N–H and O–H groups in total. The zero-order chi connectivity index (χ0) is 15.2. The van der Waals surface area contributed by atoms with Crippen molar-refractivity contribution in [1.29, 1.82) is 0 Å². The molecule has 0 aliphatic rings. The molecule has 0 saturated heterocycles. The molecule has 112 valence electrons. The van der Waals surface area contributed by atoms with Gasteiger partial charge in [-0.15, -0.1) is 0 Å². The molecule has 1 aromatic carbocycles. The molecule has 0 amide bonds. The lowest BCUT2D eigenvalue weighted by atomic mass is 10.1. The van der Waals surface area contributed by atoms with E-state index in [9.17, 15) is 0 Å². The van der Waals surface area contributed by atoms with Crippen molar-refractivity contribution in [1.82, 2.24) is 10.3 Å². The van der Waals surface area contributed by atoms with Crippen LogP contribution in [0.3, 0.4) is 0 Å². The Kier molecular flexibility index (Phi) is 5.34. The van der Waals surface area contributed by atoms with Crippen LogP contribution in [0.15, 0.2) is 36.4 Å². The van der Waals surface area contributed by atoms with Crippen LogP contribution in [0, 0.1) is 13.8 Å². The summed E-state index contributed by atoms with van der Waals surface area (Å²) >= 11 is 0. The van der Waals surface area contributed by atoms with Gasteiger partial charge in [0, 0.05) is 31.4 Å². The number of pyridine rings is 1. The molecule has 0 aliphatic heterocycles. The smallest absolute Gasteiger partial charge is 0.133 e. The van der Waals surface area contributed by atoms with Gasteiger partial charge < -0.3 is 10.2 Å². The maximum absolute atomic E-state index is 4.77. The van der Waals surface area contributed by atoms with Crippen molar-refractivity contribution >= 4 is 5.82 Å². The van der Waals surface area contributed by atoms with E-state index in [4.69, 9.17) is 4.98 Å². The van der Waals surface area contributed by atoms with Gasteiger partial charge in [-0.25, -0.2) is 4.98 Å². The lowest BCUT2D eigenvalue weighted by molar-refractivity contribution is 0.714. The zero-order valence-corrected chi connectivity index (χ0v) is 13.5. The molecule has 21 heavy (non-hydrogen) atoms. The maximum atomic E-state index is 4.77. The minimum atomic E-state index is 0.865. The summed E-state index contributed by atoms with van der Waals surface area (Å²) in [6.07, 6.45) is 0. The fraction of sp³-hybridized carbons (Fsp3) is 0.389. The topological polar surface area (TPSA) is 28.2 Å². The van der Waals surface area contributed by atoms with Gasteiger partial charge in [-0.1, -0.05) is 37.3 Å². The first-order valence-corrected chi connectivity index (χ1v) is 7.54. The van der Waals surface area contributed by atoms with Gasteiger partial charge in [-0.05, 0) is 37.6 Å². The number of anilines is 1. The monoisotopic (exact) mass is 283 g/mol. The predicted octanol–water partition coefficient (Wildman–Crippen LogP) is 3.44. The van der Waals surface area contributed by atoms with Gasteiger partial charge >= 0.3 is 0 Å². The molecule has 0 bridgehead atoms. The molecule has 0 unspecified atom stereocenters. The number of rotatable bonds is 6. The quantitative estimate of drug-likeness (QED) is 0.880. The second kappa shape index (κ2) is 7.23. The molecule has 0 spiro atoms. The molecule has 0 saturated carbocycles. The van der Waals surface area contributed by atoms with Crippen molar-refractivity contribution in [2.24, 2.45) is 0 Å². The fourth-order valence-electron chi connectivity index (χ4n) is 2.56. The van der Waals surface area contributed by atoms with E-state index in [-0.39, 0.29) is 0 Å². The van der Waals surface area contributed by atoms with Gasteiger partial charge in [-0.2, -0.15) is 0 Å². The summed E-state index contributed by atoms with van der Waals surface area (Å²) in [5.74, 6) is 1.08. The zero-order valence-electron chi connectivity index (χ0n) is 13.5. The number of aromatic nitrogens is 1. The van der Waals surface area contributed by atoms with Crippen LogP contribution in [0.25, 0.3) is 0 Å². The molecule has 1 heterocycles. The van der Waals surface area contributed by atoms with Crippen LogP contribution in [0.1, 0.15) is 29.3 Å². The van der Waals surface area contributed by atoms with Crippen LogP contribution in [0.2, 0.25) is 0 Å². The summed E-state index contributed by atoms with van der Waals surface area (Å²) in [4.78, 5) is 7.01. The van der Waals surface area contributed by atoms with Gasteiger partial charge in [0.25, 0.3) is 0 Å². The average Bonchev–Trinajstić information content (AvgIpc) is 2.46. The third-order valence-corrected chi connectivity index (χ3v) is 3.63. The second-order valence-corrected chi connectivity index (χ2v) is 5.50. The summed E-state index contributed by atoms with van der Waals surface area (Å²) in [5, 5.41) is 3.42. The number of hydrogen-bond donors (Lipinski definition) is 1. The lowest BCUT2D eigenvalue weighted by Gasteiger charge is -2.23. The Bertz CT molecular complexity index is 579. The highest BCUT2D eigenvalue weighted by molar-refractivity contribution is 5.51. The highest BCUT2D eigenvalue weighted by atomic mass is 15.2. The van der Waals surface area contributed by atoms with Crippen LogP contribution >= 0.6 is 0 Å². The van der Waals surface area contributed by atoms with Gasteiger partial charge in [0.1, 0.15) is 5.82 Å². The summed E-state index contributed by atoms with van der Waals surface area (Å²) in [7, 11) is 2.11. The largest absolute Gasteiger partial charge is 0.355 e. The predicted molar refractivity (Wildman–Crippen MR) is 89.6 cm³/mol. The Labute approximate surface area is 128 Å². The summed E-state index contributed by atoms with van der Waals surface area (Å²) < 4.78 is 0. The van der Waals surface area contributed by atoms with Gasteiger partial charge in [-0.3, -0.25) is 0 Å². The normalized spacial score (nSPS) is 10.7. The third-order valence-electron chi connectivity index (χ3n) is 3.63. The number of nitrogens with zero attached hydrogens (tertiary/aromatic N) is 2. The van der Waals surface area contributed by atoms with Gasteiger partial charge in [0.2, 0.25) is 0 Å². The third kappa shape index (κ3) is 4.05. The van der Waals surface area contributed by atoms with Crippen molar-refractivity contribution in [3.8, 4) is 0 Å². The fourth-order valence-corrected chi connectivity index (χ4v) is 2.56. The molecular formula is C18H25N3. The summed E-state index contributed by atoms with van der Waals surface area (Å²) in [5.41, 5.74) is 4.97. The second-order valence-electron chi connectivity index (χ2n) is 5.50. The highest BCUT2D eigenvalue weighted by Gasteiger charge is 2.13. The van der Waals surface area contributed by atoms with E-state index >= 15 is 0 Å². The first kappa shape index (κ1) is 15.5. The molecule has 0 atom stereocenters. The molecule has 2 aromatic rings. The minimum absolute atomic E-state index is 0.865. The van der Waals surface area contributed by atoms with Crippen molar-refractivity contribution in [2.75, 3.05) is 18.5 Å². The van der Waals surface area contributed by atoms with E-state index in [1.807, 2.05) is 0 Å². The van der Waals surface area contributed by atoms with E-state index < -0.39 is 0 Å². The Morgan fingerprint density at radius 1 is 1.14 bits per heavy atom. The Hall–Kier alpha value is -1.87. The van der Waals surface area contributed by atoms with Crippen LogP contribution < -0.4 is 10.2 Å². The van der Waals surface area contributed by atoms with Gasteiger partial charge in [0.15, 0.2) is 0 Å². The number of nitrogens with one attached hydrogen (secondary N) is 1. The molecular weight excluding hydrogens is 258 g/mol. The average molecular weight is 283 g/mol. The minimum Gasteiger partial charge on any atom is -0.355 e. The molecule has 0 radical (unpaired) electrons. The van der Waals surface area contributed by atoms with Crippen LogP contribution in [-0.4, -0.2) is 18.6 Å². The lowest BCUT2D eigenvalue weighted by Crippen LogP contribution is -2.23. The highest BCUT2D eigenvalue weighted by Crippen LogP contribution is 2.23. The molecule has 3 heteroatoms. The van der Waals surface area contributed by atoms with E-state index in [0.29, 0.717) is 0 Å². The first-order valence-electron chi connectivity index (χ1n) is 7.54. The van der Waals surface area contributed by atoms with Crippen molar-refractivity contribution in [3.63, 3.8) is 0 Å². The van der Waals surface area contributed by atoms with E-state index in [1.165, 1.54) is 16.7 Å². The Balaban J connectivity index is 2.28. The number of aryl methyl sites for hydroxylation is 2. The summed E-state index contributed by atoms with van der Waals surface area (Å²) in [6.45, 7) is 9.06. The SMILES string of the molecule is CCNCc1c(C)cc(C)nc1N(C)Cc1ccccc1. The van der Waals surface area contributed by atoms with E-state index in [2.05, 4.69) is 74.4 Å². The van der Waals surface area contributed by atoms with Crippen LogP contribution in [0.5, 0.6) is 0 Å². The first-order chi connectivity index (χ1) is 10.1. The molecule has 2 rings (SSSR count). The van der Waals surface area contributed by atoms with Crippen molar-refractivity contribution in [3.05, 3.63) is 58.8 Å². The van der Waals surface area contributed by atoms with Crippen molar-refractivity contribution in [2.45, 2.75) is 33.9 Å². The van der Waals surface area contributed by atoms with Crippen LogP contribution in [-0.2, 0) is 13.1 Å². The Morgan fingerprint density at radius 2 is 1.86 bits per heavy atom. The molecule has 0 fully saturated rings. The maximum Gasteiger partial charge on any atom is 0.133 e. The van der Waals surface area contributed by atoms with E-state index in [1.54, 1.807) is 0 Å². The number of hydrogen-bond acceptors (Lipinski definition) is 3. The van der Waals surface area contributed by atoms with Gasteiger partial charge in [0.05, 0.1) is 0 Å². The Morgan fingerprint density at radius 3 is 2.52 bits per heavy atom. The molecule has 1 aromatic heterocycles.